The van der Waals surface area contributed by atoms with Gasteiger partial charge in [-0.1, -0.05) is 54.1 Å². The van der Waals surface area contributed by atoms with Gasteiger partial charge in [0.25, 0.3) is 5.91 Å². The van der Waals surface area contributed by atoms with Crippen LogP contribution < -0.4 is 16.4 Å². The summed E-state index contributed by atoms with van der Waals surface area (Å²) in [6.07, 6.45) is 0.582. The molecular weight excluding hydrogens is 394 g/mol. The van der Waals surface area contributed by atoms with Gasteiger partial charge in [0.2, 0.25) is 6.10 Å². The highest BCUT2D eigenvalue weighted by Gasteiger charge is 2.31. The number of hydrogen-bond donors (Lipinski definition) is 3. The maximum Gasteiger partial charge on any atom is 0.312 e. The Morgan fingerprint density at radius 1 is 1.03 bits per heavy atom. The molecule has 0 aliphatic heterocycles. The number of esters is 1. The van der Waals surface area contributed by atoms with E-state index in [9.17, 15) is 14.4 Å². The maximum absolute atomic E-state index is 12.6. The fourth-order valence-electron chi connectivity index (χ4n) is 2.87. The van der Waals surface area contributed by atoms with Crippen LogP contribution in [0.5, 0.6) is 0 Å². The molecule has 152 valence electrons. The first-order valence-electron chi connectivity index (χ1n) is 9.28. The van der Waals surface area contributed by atoms with Crippen molar-refractivity contribution in [2.24, 2.45) is 5.73 Å². The molecule has 7 nitrogen and oxygen atoms in total. The second-order valence-corrected chi connectivity index (χ2v) is 7.32. The van der Waals surface area contributed by atoms with Crippen LogP contribution in [0, 0.1) is 0 Å². The van der Waals surface area contributed by atoms with Crippen molar-refractivity contribution in [1.82, 2.24) is 10.6 Å². The van der Waals surface area contributed by atoms with E-state index in [0.717, 1.165) is 12.8 Å². The highest BCUT2D eigenvalue weighted by Crippen LogP contribution is 2.25. The van der Waals surface area contributed by atoms with Gasteiger partial charge >= 0.3 is 12.0 Å². The van der Waals surface area contributed by atoms with Crippen molar-refractivity contribution in [3.8, 4) is 0 Å². The lowest BCUT2D eigenvalue weighted by molar-refractivity contribution is -0.157. The fraction of sp³-hybridized carbons (Fsp3) is 0.286. The summed E-state index contributed by atoms with van der Waals surface area (Å²) in [6.45, 7) is 0. The van der Waals surface area contributed by atoms with Gasteiger partial charge in [-0.05, 0) is 30.5 Å². The number of amides is 3. The predicted molar refractivity (Wildman–Crippen MR) is 108 cm³/mol. The van der Waals surface area contributed by atoms with E-state index in [4.69, 9.17) is 22.1 Å². The molecule has 1 saturated carbocycles. The molecule has 1 aliphatic carbocycles. The summed E-state index contributed by atoms with van der Waals surface area (Å²) in [4.78, 5) is 36.6. The second-order valence-electron chi connectivity index (χ2n) is 6.88. The topological polar surface area (TPSA) is 111 Å². The second kappa shape index (κ2) is 9.43. The molecule has 2 aromatic carbocycles. The van der Waals surface area contributed by atoms with Crippen molar-refractivity contribution in [3.05, 3.63) is 70.7 Å². The van der Waals surface area contributed by atoms with E-state index in [1.54, 1.807) is 48.5 Å². The van der Waals surface area contributed by atoms with E-state index in [0.29, 0.717) is 16.1 Å². The number of carbonyl (C=O) groups excluding carboxylic acids is 3. The third-order valence-corrected chi connectivity index (χ3v) is 4.73. The zero-order valence-electron chi connectivity index (χ0n) is 15.6. The molecule has 3 amide bonds. The van der Waals surface area contributed by atoms with Crippen molar-refractivity contribution >= 4 is 29.5 Å². The molecule has 4 N–H and O–H groups in total. The van der Waals surface area contributed by atoms with Crippen molar-refractivity contribution in [2.45, 2.75) is 37.5 Å². The number of hydrogen-bond acceptors (Lipinski definition) is 4. The van der Waals surface area contributed by atoms with Gasteiger partial charge in [0.05, 0.1) is 12.5 Å². The average molecular weight is 416 g/mol. The van der Waals surface area contributed by atoms with Crippen LogP contribution in [0.15, 0.2) is 54.6 Å². The highest BCUT2D eigenvalue weighted by atomic mass is 35.5. The number of benzene rings is 2. The molecule has 1 aliphatic rings. The van der Waals surface area contributed by atoms with Crippen LogP contribution in [-0.2, 0) is 14.3 Å². The number of ether oxygens (including phenoxy) is 1. The first-order valence-corrected chi connectivity index (χ1v) is 9.66. The normalized spacial score (nSPS) is 15.1. The number of urea groups is 1. The minimum absolute atomic E-state index is 0.130. The average Bonchev–Trinajstić information content (AvgIpc) is 3.50. The molecule has 2 atom stereocenters. The van der Waals surface area contributed by atoms with Gasteiger partial charge < -0.3 is 21.1 Å². The van der Waals surface area contributed by atoms with Gasteiger partial charge in [0, 0.05) is 16.6 Å². The van der Waals surface area contributed by atoms with Gasteiger partial charge in [0.1, 0.15) is 0 Å². The summed E-state index contributed by atoms with van der Waals surface area (Å²) in [6, 6.07) is 14.1. The number of primary amides is 1. The largest absolute Gasteiger partial charge is 0.447 e. The number of nitrogens with two attached hydrogens (primary N) is 1. The minimum Gasteiger partial charge on any atom is -0.447 e. The Bertz CT molecular complexity index is 869. The van der Waals surface area contributed by atoms with Crippen LogP contribution in [0.4, 0.5) is 4.79 Å². The van der Waals surface area contributed by atoms with Crippen LogP contribution in [0.25, 0.3) is 0 Å². The zero-order chi connectivity index (χ0) is 20.8. The summed E-state index contributed by atoms with van der Waals surface area (Å²) in [5, 5.41) is 5.91. The highest BCUT2D eigenvalue weighted by molar-refractivity contribution is 6.30. The van der Waals surface area contributed by atoms with Crippen LogP contribution in [-0.4, -0.2) is 23.9 Å². The number of nitrogens with one attached hydrogen (secondary N) is 2. The van der Waals surface area contributed by atoms with E-state index in [2.05, 4.69) is 10.6 Å². The zero-order valence-corrected chi connectivity index (χ0v) is 16.4. The first-order chi connectivity index (χ1) is 13.9. The van der Waals surface area contributed by atoms with Crippen molar-refractivity contribution < 1.29 is 19.1 Å². The molecular formula is C21H22ClN3O4. The Morgan fingerprint density at radius 3 is 2.28 bits per heavy atom. The van der Waals surface area contributed by atoms with E-state index < -0.39 is 24.1 Å². The lowest BCUT2D eigenvalue weighted by atomic mass is 10.0. The van der Waals surface area contributed by atoms with Crippen LogP contribution in [0.1, 0.15) is 42.5 Å². The maximum atomic E-state index is 12.6. The Labute approximate surface area is 173 Å². The molecule has 2 aromatic rings. The predicted octanol–water partition coefficient (Wildman–Crippen LogP) is 3.00. The molecule has 3 rings (SSSR count). The van der Waals surface area contributed by atoms with Crippen molar-refractivity contribution in [2.75, 3.05) is 0 Å². The van der Waals surface area contributed by atoms with Gasteiger partial charge in [-0.25, -0.2) is 4.79 Å². The summed E-state index contributed by atoms with van der Waals surface area (Å²) in [7, 11) is 0. The van der Waals surface area contributed by atoms with E-state index >= 15 is 0 Å². The first kappa shape index (κ1) is 20.7. The van der Waals surface area contributed by atoms with E-state index in [1.807, 2.05) is 6.07 Å². The SMILES string of the molecule is NC(=O)N[C@H](CC(=O)O[C@H](C(=O)NC1CC1)c1ccccc1)c1ccc(Cl)cc1. The Hall–Kier alpha value is -3.06. The standard InChI is InChI=1S/C21H22ClN3O4/c22-15-8-6-13(7-9-15)17(25-21(23)28)12-18(26)29-19(14-4-2-1-3-5-14)20(27)24-16-10-11-16/h1-9,16-17,19H,10-12H2,(H,24,27)(H3,23,25,28)/t17-,19+/m1/s1. The van der Waals surface area contributed by atoms with Gasteiger partial charge in [-0.2, -0.15) is 0 Å². The van der Waals surface area contributed by atoms with Crippen LogP contribution in [0.2, 0.25) is 5.02 Å². The van der Waals surface area contributed by atoms with Gasteiger partial charge in [-0.15, -0.1) is 0 Å². The molecule has 0 saturated heterocycles. The lowest BCUT2D eigenvalue weighted by Gasteiger charge is -2.21. The molecule has 0 spiro atoms. The Morgan fingerprint density at radius 2 is 1.69 bits per heavy atom. The third kappa shape index (κ3) is 6.22. The summed E-state index contributed by atoms with van der Waals surface area (Å²) < 4.78 is 5.52. The Balaban J connectivity index is 1.73. The Kier molecular flexibility index (Phi) is 6.72. The molecule has 0 heterocycles. The fourth-order valence-corrected chi connectivity index (χ4v) is 3.00. The molecule has 8 heteroatoms. The van der Waals surface area contributed by atoms with E-state index in [1.165, 1.54) is 0 Å². The molecule has 1 fully saturated rings. The van der Waals surface area contributed by atoms with Gasteiger partial charge in [0.15, 0.2) is 0 Å². The van der Waals surface area contributed by atoms with Crippen molar-refractivity contribution in [1.29, 1.82) is 0 Å². The monoisotopic (exact) mass is 415 g/mol. The number of carbonyl (C=O) groups is 3. The molecule has 0 aromatic heterocycles. The lowest BCUT2D eigenvalue weighted by Crippen LogP contribution is -2.36. The minimum atomic E-state index is -1.07. The number of halogens is 1. The molecule has 0 unspecified atom stereocenters. The smallest absolute Gasteiger partial charge is 0.312 e. The summed E-state index contributed by atoms with van der Waals surface area (Å²) in [5.74, 6) is -1.00. The molecule has 0 radical (unpaired) electrons. The van der Waals surface area contributed by atoms with Crippen molar-refractivity contribution in [3.63, 3.8) is 0 Å². The van der Waals surface area contributed by atoms with Crippen LogP contribution in [0.3, 0.4) is 0 Å². The molecule has 0 bridgehead atoms. The molecule has 29 heavy (non-hydrogen) atoms. The third-order valence-electron chi connectivity index (χ3n) is 4.47. The quantitative estimate of drug-likeness (QED) is 0.575. The van der Waals surface area contributed by atoms with Crippen LogP contribution >= 0.6 is 11.6 Å². The summed E-state index contributed by atoms with van der Waals surface area (Å²) in [5.41, 5.74) is 6.46. The van der Waals surface area contributed by atoms with Gasteiger partial charge in [-0.3, -0.25) is 9.59 Å². The number of rotatable bonds is 8. The van der Waals surface area contributed by atoms with E-state index in [-0.39, 0.29) is 18.4 Å². The summed E-state index contributed by atoms with van der Waals surface area (Å²) >= 11 is 5.90.